The lowest BCUT2D eigenvalue weighted by atomic mass is 9.85. The summed E-state index contributed by atoms with van der Waals surface area (Å²) in [6.45, 7) is 6.89. The summed E-state index contributed by atoms with van der Waals surface area (Å²) in [4.78, 5) is 2.48. The highest BCUT2D eigenvalue weighted by atomic mass is 15.1. The lowest BCUT2D eigenvalue weighted by Gasteiger charge is -2.31. The minimum atomic E-state index is -0.0157. The second-order valence-electron chi connectivity index (χ2n) is 15.0. The van der Waals surface area contributed by atoms with E-state index in [2.05, 4.69) is 206 Å². The maximum absolute atomic E-state index is 2.48. The van der Waals surface area contributed by atoms with Crippen molar-refractivity contribution in [2.45, 2.75) is 26.2 Å². The predicted octanol–water partition coefficient (Wildman–Crippen LogP) is 14.1. The van der Waals surface area contributed by atoms with Crippen LogP contribution in [0.3, 0.4) is 0 Å². The van der Waals surface area contributed by atoms with Gasteiger partial charge in [-0.2, -0.15) is 0 Å². The molecule has 52 heavy (non-hydrogen) atoms. The maximum atomic E-state index is 2.48. The summed E-state index contributed by atoms with van der Waals surface area (Å²) in [6, 6.07) is 64.8. The molecule has 0 N–H and O–H groups in total. The van der Waals surface area contributed by atoms with E-state index >= 15 is 0 Å². The van der Waals surface area contributed by atoms with Crippen molar-refractivity contribution in [2.24, 2.45) is 0 Å². The van der Waals surface area contributed by atoms with Gasteiger partial charge in [-0.1, -0.05) is 154 Å². The Bertz CT molecular complexity index is 2870. The standard InChI is InChI=1S/C50H38N2/c1-50(2,3)36-26-29-38(33-14-6-4-7-15-33)47(32-36)51(37-16-8-5-9-17-37)45-30-24-34-23-28-42-46(31-25-35-22-27-41(45)48(34)49(35)42)52-43-20-12-10-18-39(43)40-19-11-13-21-44(40)52/h4-32H,1-3H3. The molecule has 0 bridgehead atoms. The van der Waals surface area contributed by atoms with Crippen LogP contribution in [0, 0.1) is 0 Å². The minimum absolute atomic E-state index is 0.0157. The van der Waals surface area contributed by atoms with Crippen molar-refractivity contribution < 1.29 is 0 Å². The number of fused-ring (bicyclic) bond motifs is 3. The highest BCUT2D eigenvalue weighted by Gasteiger charge is 2.24. The number of rotatable bonds is 5. The number of hydrogen-bond acceptors (Lipinski definition) is 1. The normalized spacial score (nSPS) is 12.1. The molecule has 0 aliphatic carbocycles. The molecule has 0 aliphatic rings. The molecular formula is C50H38N2. The van der Waals surface area contributed by atoms with Crippen molar-refractivity contribution in [3.05, 3.63) is 181 Å². The van der Waals surface area contributed by atoms with Gasteiger partial charge in [-0.15, -0.1) is 0 Å². The Labute approximate surface area is 304 Å². The van der Waals surface area contributed by atoms with Crippen LogP contribution in [0.25, 0.3) is 70.9 Å². The summed E-state index contributed by atoms with van der Waals surface area (Å²) in [7, 11) is 0. The summed E-state index contributed by atoms with van der Waals surface area (Å²) in [5, 5.41) is 10.1. The van der Waals surface area contributed by atoms with Crippen molar-refractivity contribution >= 4 is 71.2 Å². The second-order valence-corrected chi connectivity index (χ2v) is 15.0. The van der Waals surface area contributed by atoms with E-state index in [1.54, 1.807) is 0 Å². The first-order valence-electron chi connectivity index (χ1n) is 18.2. The van der Waals surface area contributed by atoms with Crippen LogP contribution in [0.15, 0.2) is 176 Å². The fraction of sp³-hybridized carbons (Fsp3) is 0.0800. The minimum Gasteiger partial charge on any atom is -0.309 e. The van der Waals surface area contributed by atoms with Crippen LogP contribution in [0.5, 0.6) is 0 Å². The predicted molar refractivity (Wildman–Crippen MR) is 223 cm³/mol. The molecule has 2 nitrogen and oxygen atoms in total. The average Bonchev–Trinajstić information content (AvgIpc) is 3.52. The van der Waals surface area contributed by atoms with Crippen LogP contribution in [0.1, 0.15) is 26.3 Å². The van der Waals surface area contributed by atoms with Crippen LogP contribution in [-0.4, -0.2) is 4.57 Å². The van der Waals surface area contributed by atoms with Gasteiger partial charge in [-0.25, -0.2) is 0 Å². The van der Waals surface area contributed by atoms with Crippen molar-refractivity contribution in [2.75, 3.05) is 4.90 Å². The average molecular weight is 667 g/mol. The van der Waals surface area contributed by atoms with Gasteiger partial charge in [0.05, 0.1) is 28.1 Å². The molecule has 0 saturated heterocycles. The molecule has 10 aromatic rings. The quantitative estimate of drug-likeness (QED) is 0.166. The molecule has 0 amide bonds. The Hall–Kier alpha value is -6.38. The van der Waals surface area contributed by atoms with Crippen LogP contribution < -0.4 is 4.90 Å². The van der Waals surface area contributed by atoms with E-state index in [0.29, 0.717) is 0 Å². The summed E-state index contributed by atoms with van der Waals surface area (Å²) in [6.07, 6.45) is 0. The van der Waals surface area contributed by atoms with Gasteiger partial charge in [0, 0.05) is 32.8 Å². The molecule has 2 heteroatoms. The molecule has 0 radical (unpaired) electrons. The second kappa shape index (κ2) is 11.6. The lowest BCUT2D eigenvalue weighted by molar-refractivity contribution is 0.590. The molecule has 0 atom stereocenters. The Morgan fingerprint density at radius 3 is 1.67 bits per heavy atom. The van der Waals surface area contributed by atoms with Crippen LogP contribution in [0.4, 0.5) is 17.1 Å². The number of para-hydroxylation sites is 3. The third-order valence-electron chi connectivity index (χ3n) is 10.9. The van der Waals surface area contributed by atoms with Crippen LogP contribution >= 0.6 is 0 Å². The first-order chi connectivity index (χ1) is 25.5. The Kier molecular flexibility index (Phi) is 6.78. The highest BCUT2D eigenvalue weighted by Crippen LogP contribution is 2.48. The maximum Gasteiger partial charge on any atom is 0.0543 e. The van der Waals surface area contributed by atoms with E-state index in [4.69, 9.17) is 0 Å². The summed E-state index contributed by atoms with van der Waals surface area (Å²) >= 11 is 0. The van der Waals surface area contributed by atoms with E-state index in [9.17, 15) is 0 Å². The zero-order valence-electron chi connectivity index (χ0n) is 29.6. The van der Waals surface area contributed by atoms with E-state index < -0.39 is 0 Å². The van der Waals surface area contributed by atoms with Gasteiger partial charge in [0.15, 0.2) is 0 Å². The van der Waals surface area contributed by atoms with Gasteiger partial charge in [-0.05, 0) is 80.6 Å². The first kappa shape index (κ1) is 30.4. The number of aromatic nitrogens is 1. The molecule has 0 unspecified atom stereocenters. The third-order valence-corrected chi connectivity index (χ3v) is 10.9. The summed E-state index contributed by atoms with van der Waals surface area (Å²) in [5.74, 6) is 0. The van der Waals surface area contributed by atoms with E-state index in [1.165, 1.54) is 87.9 Å². The topological polar surface area (TPSA) is 8.17 Å². The summed E-state index contributed by atoms with van der Waals surface area (Å²) < 4.78 is 2.46. The molecule has 0 fully saturated rings. The van der Waals surface area contributed by atoms with Crippen molar-refractivity contribution in [3.63, 3.8) is 0 Å². The van der Waals surface area contributed by atoms with Crippen molar-refractivity contribution in [1.82, 2.24) is 4.57 Å². The number of anilines is 3. The Balaban J connectivity index is 1.29. The Morgan fingerprint density at radius 2 is 1.00 bits per heavy atom. The molecule has 10 rings (SSSR count). The van der Waals surface area contributed by atoms with Gasteiger partial charge in [0.1, 0.15) is 0 Å². The molecule has 0 saturated carbocycles. The summed E-state index contributed by atoms with van der Waals surface area (Å²) in [5.41, 5.74) is 10.8. The van der Waals surface area contributed by atoms with E-state index in [0.717, 1.165) is 5.69 Å². The first-order valence-corrected chi connectivity index (χ1v) is 18.2. The fourth-order valence-electron chi connectivity index (χ4n) is 8.37. The number of benzene rings is 9. The smallest absolute Gasteiger partial charge is 0.0543 e. The third kappa shape index (κ3) is 4.64. The fourth-order valence-corrected chi connectivity index (χ4v) is 8.37. The molecule has 0 spiro atoms. The number of hydrogen-bond donors (Lipinski definition) is 0. The van der Waals surface area contributed by atoms with E-state index in [1.807, 2.05) is 0 Å². The van der Waals surface area contributed by atoms with E-state index in [-0.39, 0.29) is 5.41 Å². The molecule has 1 heterocycles. The van der Waals surface area contributed by atoms with Gasteiger partial charge in [-0.3, -0.25) is 0 Å². The molecule has 1 aromatic heterocycles. The van der Waals surface area contributed by atoms with Crippen LogP contribution in [0.2, 0.25) is 0 Å². The van der Waals surface area contributed by atoms with Crippen molar-refractivity contribution in [1.29, 1.82) is 0 Å². The molecule has 9 aromatic carbocycles. The van der Waals surface area contributed by atoms with Crippen LogP contribution in [-0.2, 0) is 5.41 Å². The largest absolute Gasteiger partial charge is 0.309 e. The van der Waals surface area contributed by atoms with Gasteiger partial charge < -0.3 is 9.47 Å². The van der Waals surface area contributed by atoms with Crippen molar-refractivity contribution in [3.8, 4) is 16.8 Å². The molecule has 0 aliphatic heterocycles. The molecular weight excluding hydrogens is 629 g/mol. The zero-order chi connectivity index (χ0) is 35.0. The van der Waals surface area contributed by atoms with Gasteiger partial charge in [0.25, 0.3) is 0 Å². The SMILES string of the molecule is CC(C)(C)c1ccc(-c2ccccc2)c(N(c2ccccc2)c2ccc3ccc4c(-n5c6ccccc6c6ccccc65)ccc5ccc2c3c54)c1. The highest BCUT2D eigenvalue weighted by molar-refractivity contribution is 6.27. The van der Waals surface area contributed by atoms with Gasteiger partial charge >= 0.3 is 0 Å². The zero-order valence-corrected chi connectivity index (χ0v) is 29.6. The van der Waals surface area contributed by atoms with Gasteiger partial charge in [0.2, 0.25) is 0 Å². The number of nitrogens with zero attached hydrogens (tertiary/aromatic N) is 2. The Morgan fingerprint density at radius 1 is 0.442 bits per heavy atom. The lowest BCUT2D eigenvalue weighted by Crippen LogP contribution is -2.15. The monoisotopic (exact) mass is 666 g/mol. The molecule has 248 valence electrons.